The Balaban J connectivity index is 2.22. The van der Waals surface area contributed by atoms with Crippen molar-refractivity contribution in [2.24, 2.45) is 0 Å². The first-order valence-electron chi connectivity index (χ1n) is 7.50. The summed E-state index contributed by atoms with van der Waals surface area (Å²) in [6.07, 6.45) is 1.40. The van der Waals surface area contributed by atoms with Gasteiger partial charge in [-0.15, -0.1) is 0 Å². The number of methoxy groups -OCH3 is 2. The van der Waals surface area contributed by atoms with Crippen molar-refractivity contribution in [1.29, 1.82) is 0 Å². The van der Waals surface area contributed by atoms with Gasteiger partial charge in [0, 0.05) is 6.08 Å². The van der Waals surface area contributed by atoms with E-state index in [-0.39, 0.29) is 11.3 Å². The summed E-state index contributed by atoms with van der Waals surface area (Å²) in [7, 11) is 3.09. The number of carbonyl (C=O) groups is 2. The molecule has 130 valence electrons. The SMILES string of the molecule is COc1ccc(C(C)=CC(=O)Nc2ccccc2C(=O)O)cc1OC. The highest BCUT2D eigenvalue weighted by atomic mass is 16.5. The summed E-state index contributed by atoms with van der Waals surface area (Å²) in [6, 6.07) is 11.6. The van der Waals surface area contributed by atoms with Crippen LogP contribution in [0.1, 0.15) is 22.8 Å². The van der Waals surface area contributed by atoms with E-state index in [4.69, 9.17) is 14.6 Å². The zero-order valence-electron chi connectivity index (χ0n) is 14.2. The number of allylic oxidation sites excluding steroid dienone is 1. The van der Waals surface area contributed by atoms with Gasteiger partial charge in [0.15, 0.2) is 11.5 Å². The summed E-state index contributed by atoms with van der Waals surface area (Å²) in [5, 5.41) is 11.7. The lowest BCUT2D eigenvalue weighted by Crippen LogP contribution is -2.12. The lowest BCUT2D eigenvalue weighted by atomic mass is 10.1. The number of ether oxygens (including phenoxy) is 2. The molecule has 0 bridgehead atoms. The second kappa shape index (κ2) is 8.01. The van der Waals surface area contributed by atoms with E-state index in [2.05, 4.69) is 5.32 Å². The fourth-order valence-electron chi connectivity index (χ4n) is 2.31. The summed E-state index contributed by atoms with van der Waals surface area (Å²) in [4.78, 5) is 23.4. The Kier molecular flexibility index (Phi) is 5.79. The maximum absolute atomic E-state index is 12.2. The number of aromatic carboxylic acids is 1. The Hall–Kier alpha value is -3.28. The number of nitrogens with one attached hydrogen (secondary N) is 1. The molecular weight excluding hydrogens is 322 g/mol. The Bertz CT molecular complexity index is 826. The molecule has 0 saturated carbocycles. The van der Waals surface area contributed by atoms with Crippen LogP contribution >= 0.6 is 0 Å². The van der Waals surface area contributed by atoms with Crippen molar-refractivity contribution in [2.45, 2.75) is 6.92 Å². The molecule has 0 radical (unpaired) electrons. The number of benzene rings is 2. The second-order valence-corrected chi connectivity index (χ2v) is 5.24. The smallest absolute Gasteiger partial charge is 0.337 e. The van der Waals surface area contributed by atoms with Crippen LogP contribution < -0.4 is 14.8 Å². The van der Waals surface area contributed by atoms with Gasteiger partial charge in [-0.05, 0) is 42.3 Å². The lowest BCUT2D eigenvalue weighted by molar-refractivity contribution is -0.111. The Morgan fingerprint density at radius 2 is 1.72 bits per heavy atom. The van der Waals surface area contributed by atoms with Crippen LogP contribution in [0.25, 0.3) is 5.57 Å². The van der Waals surface area contributed by atoms with E-state index in [9.17, 15) is 9.59 Å². The normalized spacial score (nSPS) is 10.9. The first kappa shape index (κ1) is 18.1. The molecule has 0 unspecified atom stereocenters. The summed E-state index contributed by atoms with van der Waals surface area (Å²) < 4.78 is 10.4. The number of carboxylic acids is 1. The van der Waals surface area contributed by atoms with E-state index < -0.39 is 11.9 Å². The Morgan fingerprint density at radius 3 is 2.36 bits per heavy atom. The molecule has 0 heterocycles. The molecule has 1 amide bonds. The van der Waals surface area contributed by atoms with E-state index in [0.29, 0.717) is 17.1 Å². The molecule has 0 aliphatic carbocycles. The summed E-state index contributed by atoms with van der Waals surface area (Å²) >= 11 is 0. The number of rotatable bonds is 6. The largest absolute Gasteiger partial charge is 0.493 e. The summed E-state index contributed by atoms with van der Waals surface area (Å²) in [5.41, 5.74) is 1.77. The molecule has 6 nitrogen and oxygen atoms in total. The third-order valence-corrected chi connectivity index (χ3v) is 3.60. The van der Waals surface area contributed by atoms with E-state index in [0.717, 1.165) is 5.56 Å². The van der Waals surface area contributed by atoms with E-state index in [1.807, 2.05) is 6.07 Å². The van der Waals surface area contributed by atoms with Crippen LogP contribution in [-0.4, -0.2) is 31.2 Å². The minimum atomic E-state index is -1.10. The molecule has 25 heavy (non-hydrogen) atoms. The van der Waals surface area contributed by atoms with Crippen molar-refractivity contribution in [2.75, 3.05) is 19.5 Å². The number of hydrogen-bond donors (Lipinski definition) is 2. The van der Waals surface area contributed by atoms with Gasteiger partial charge in [-0.3, -0.25) is 4.79 Å². The predicted molar refractivity (Wildman–Crippen MR) is 95.2 cm³/mol. The van der Waals surface area contributed by atoms with Crippen molar-refractivity contribution in [3.05, 3.63) is 59.7 Å². The van der Waals surface area contributed by atoms with Crippen molar-refractivity contribution < 1.29 is 24.2 Å². The third kappa shape index (κ3) is 4.38. The molecule has 2 aromatic carbocycles. The number of carbonyl (C=O) groups excluding carboxylic acids is 1. The molecule has 0 fully saturated rings. The Labute approximate surface area is 145 Å². The molecule has 0 aromatic heterocycles. The van der Waals surface area contributed by atoms with Crippen LogP contribution in [0.3, 0.4) is 0 Å². The highest BCUT2D eigenvalue weighted by Crippen LogP contribution is 2.30. The molecule has 0 saturated heterocycles. The van der Waals surface area contributed by atoms with Gasteiger partial charge < -0.3 is 19.9 Å². The first-order chi connectivity index (χ1) is 12.0. The van der Waals surface area contributed by atoms with Crippen molar-refractivity contribution in [3.63, 3.8) is 0 Å². The minimum absolute atomic E-state index is 0.0352. The van der Waals surface area contributed by atoms with Crippen LogP contribution in [0.15, 0.2) is 48.5 Å². The van der Waals surface area contributed by atoms with Crippen LogP contribution in [0.2, 0.25) is 0 Å². The fraction of sp³-hybridized carbons (Fsp3) is 0.158. The van der Waals surface area contributed by atoms with Crippen LogP contribution in [0.4, 0.5) is 5.69 Å². The monoisotopic (exact) mass is 341 g/mol. The molecule has 2 N–H and O–H groups in total. The average Bonchev–Trinajstić information content (AvgIpc) is 2.61. The quantitative estimate of drug-likeness (QED) is 0.786. The lowest BCUT2D eigenvalue weighted by Gasteiger charge is -2.10. The van der Waals surface area contributed by atoms with Gasteiger partial charge in [0.2, 0.25) is 5.91 Å². The van der Waals surface area contributed by atoms with Crippen LogP contribution in [0.5, 0.6) is 11.5 Å². The fourth-order valence-corrected chi connectivity index (χ4v) is 2.31. The molecule has 6 heteroatoms. The van der Waals surface area contributed by atoms with Gasteiger partial charge in [0.05, 0.1) is 25.5 Å². The summed E-state index contributed by atoms with van der Waals surface area (Å²) in [6.45, 7) is 1.78. The van der Waals surface area contributed by atoms with E-state index in [1.165, 1.54) is 19.3 Å². The van der Waals surface area contributed by atoms with E-state index >= 15 is 0 Å². The van der Waals surface area contributed by atoms with Crippen LogP contribution in [0, 0.1) is 0 Å². The maximum Gasteiger partial charge on any atom is 0.337 e. The molecule has 2 aromatic rings. The van der Waals surface area contributed by atoms with Gasteiger partial charge in [-0.25, -0.2) is 4.79 Å². The van der Waals surface area contributed by atoms with E-state index in [1.54, 1.807) is 44.4 Å². The molecule has 0 aliphatic heterocycles. The molecule has 0 atom stereocenters. The number of anilines is 1. The predicted octanol–water partition coefficient (Wildman–Crippen LogP) is 3.44. The van der Waals surface area contributed by atoms with Crippen LogP contribution in [-0.2, 0) is 4.79 Å². The van der Waals surface area contributed by atoms with Gasteiger partial charge >= 0.3 is 5.97 Å². The molecular formula is C19H19NO5. The zero-order valence-corrected chi connectivity index (χ0v) is 14.2. The van der Waals surface area contributed by atoms with Gasteiger partial charge in [-0.1, -0.05) is 18.2 Å². The molecule has 0 spiro atoms. The maximum atomic E-state index is 12.2. The third-order valence-electron chi connectivity index (χ3n) is 3.60. The molecule has 0 aliphatic rings. The van der Waals surface area contributed by atoms with Gasteiger partial charge in [0.1, 0.15) is 0 Å². The Morgan fingerprint density at radius 1 is 1.04 bits per heavy atom. The number of carboxylic acid groups (broad SMARTS) is 1. The standard InChI is InChI=1S/C19H19NO5/c1-12(13-8-9-16(24-2)17(11-13)25-3)10-18(21)20-15-7-5-4-6-14(15)19(22)23/h4-11H,1-3H3,(H,20,21)(H,22,23). The van der Waals surface area contributed by atoms with Gasteiger partial charge in [0.25, 0.3) is 0 Å². The van der Waals surface area contributed by atoms with Crippen molar-refractivity contribution in [1.82, 2.24) is 0 Å². The number of para-hydroxylation sites is 1. The number of hydrogen-bond acceptors (Lipinski definition) is 4. The first-order valence-corrected chi connectivity index (χ1v) is 7.50. The second-order valence-electron chi connectivity index (χ2n) is 5.24. The zero-order chi connectivity index (χ0) is 18.4. The molecule has 2 rings (SSSR count). The van der Waals surface area contributed by atoms with Crippen molar-refractivity contribution in [3.8, 4) is 11.5 Å². The summed E-state index contributed by atoms with van der Waals surface area (Å²) in [5.74, 6) is -0.360. The van der Waals surface area contributed by atoms with Gasteiger partial charge in [-0.2, -0.15) is 0 Å². The minimum Gasteiger partial charge on any atom is -0.493 e. The van der Waals surface area contributed by atoms with Crippen molar-refractivity contribution >= 4 is 23.1 Å². The average molecular weight is 341 g/mol. The highest BCUT2D eigenvalue weighted by molar-refractivity contribution is 6.07. The topological polar surface area (TPSA) is 84.9 Å². The highest BCUT2D eigenvalue weighted by Gasteiger charge is 2.11. The number of amides is 1.